The van der Waals surface area contributed by atoms with Crippen LogP contribution in [0.1, 0.15) is 20.3 Å². The second kappa shape index (κ2) is 5.22. The smallest absolute Gasteiger partial charge is 0.330 e. The minimum absolute atomic E-state index is 0.393. The highest BCUT2D eigenvalue weighted by atomic mass is 28.3. The van der Waals surface area contributed by atoms with Crippen LogP contribution in [0.5, 0.6) is 0 Å². The van der Waals surface area contributed by atoms with Crippen LogP contribution in [-0.2, 0) is 4.79 Å². The Morgan fingerprint density at radius 1 is 1.46 bits per heavy atom. The maximum Gasteiger partial charge on any atom is 0.330 e. The van der Waals surface area contributed by atoms with Crippen LogP contribution in [0.3, 0.4) is 0 Å². The first-order valence-corrected chi connectivity index (χ1v) is 7.98. The van der Waals surface area contributed by atoms with Crippen molar-refractivity contribution in [2.24, 2.45) is 0 Å². The van der Waals surface area contributed by atoms with E-state index in [9.17, 15) is 4.79 Å². The van der Waals surface area contributed by atoms with Gasteiger partial charge in [0, 0.05) is 5.57 Å². The number of carboxylic acid groups (broad SMARTS) is 1. The lowest BCUT2D eigenvalue weighted by molar-refractivity contribution is -0.132. The molecule has 0 radical (unpaired) electrons. The largest absolute Gasteiger partial charge is 0.478 e. The van der Waals surface area contributed by atoms with Crippen molar-refractivity contribution in [1.82, 2.24) is 0 Å². The van der Waals surface area contributed by atoms with Crippen LogP contribution in [0.15, 0.2) is 12.2 Å². The topological polar surface area (TPSA) is 37.3 Å². The normalized spacial score (nSPS) is 15.0. The monoisotopic (exact) mass is 200 g/mol. The number of carboxylic acids is 1. The predicted octanol–water partition coefficient (Wildman–Crippen LogP) is 3.14. The van der Waals surface area contributed by atoms with E-state index in [0.29, 0.717) is 5.57 Å². The van der Waals surface area contributed by atoms with Crippen molar-refractivity contribution >= 4 is 14.0 Å². The molecule has 1 unspecified atom stereocenters. The van der Waals surface area contributed by atoms with Crippen LogP contribution < -0.4 is 0 Å². The summed E-state index contributed by atoms with van der Waals surface area (Å²) >= 11 is 0. The summed E-state index contributed by atoms with van der Waals surface area (Å²) in [5, 5.41) is 8.73. The molecule has 0 aromatic heterocycles. The first-order chi connectivity index (χ1) is 5.95. The molecule has 0 saturated heterocycles. The maximum absolute atomic E-state index is 10.6. The van der Waals surface area contributed by atoms with Gasteiger partial charge in [-0.3, -0.25) is 0 Å². The lowest BCUT2D eigenvalue weighted by Gasteiger charge is -2.25. The first-order valence-electron chi connectivity index (χ1n) is 4.86. The van der Waals surface area contributed by atoms with Crippen molar-refractivity contribution in [3.63, 3.8) is 0 Å². The summed E-state index contributed by atoms with van der Waals surface area (Å²) in [6, 6.07) is 3.09. The van der Waals surface area contributed by atoms with E-state index < -0.39 is 14.0 Å². The Hall–Kier alpha value is -0.573. The molecular formula is C10H20O2Si. The van der Waals surface area contributed by atoms with Crippen LogP contribution in [0.4, 0.5) is 0 Å². The highest BCUT2D eigenvalue weighted by Gasteiger charge is 2.26. The van der Waals surface area contributed by atoms with E-state index in [1.807, 2.05) is 0 Å². The third kappa shape index (κ3) is 4.27. The molecule has 2 nitrogen and oxygen atoms in total. The number of hydrogen-bond acceptors (Lipinski definition) is 1. The Balaban J connectivity index is 4.26. The predicted molar refractivity (Wildman–Crippen MR) is 58.8 cm³/mol. The third-order valence-electron chi connectivity index (χ3n) is 2.65. The molecule has 0 aliphatic carbocycles. The van der Waals surface area contributed by atoms with Gasteiger partial charge in [0.15, 0.2) is 0 Å². The standard InChI is InChI=1S/C10H20O2Si/c1-5-7-13(4,6-2)8-9(3)10(11)12/h3,5-8H2,1-2,4H3,(H,11,12). The van der Waals surface area contributed by atoms with Crippen LogP contribution in [-0.4, -0.2) is 19.1 Å². The molecule has 0 saturated carbocycles. The van der Waals surface area contributed by atoms with Crippen molar-refractivity contribution in [1.29, 1.82) is 0 Å². The van der Waals surface area contributed by atoms with Crippen molar-refractivity contribution in [2.75, 3.05) is 0 Å². The Labute approximate surface area is 81.7 Å². The van der Waals surface area contributed by atoms with Gasteiger partial charge in [-0.15, -0.1) is 0 Å². The summed E-state index contributed by atoms with van der Waals surface area (Å²) in [5.41, 5.74) is 0.393. The molecule has 0 aromatic carbocycles. The fourth-order valence-electron chi connectivity index (χ4n) is 1.58. The Morgan fingerprint density at radius 2 is 2.00 bits per heavy atom. The molecule has 1 N–H and O–H groups in total. The van der Waals surface area contributed by atoms with Gasteiger partial charge in [0.2, 0.25) is 0 Å². The maximum atomic E-state index is 10.6. The van der Waals surface area contributed by atoms with Crippen LogP contribution >= 0.6 is 0 Å². The molecule has 0 aliphatic rings. The van der Waals surface area contributed by atoms with Crippen molar-refractivity contribution < 1.29 is 9.90 Å². The summed E-state index contributed by atoms with van der Waals surface area (Å²) in [4.78, 5) is 10.6. The van der Waals surface area contributed by atoms with E-state index in [-0.39, 0.29) is 0 Å². The Kier molecular flexibility index (Phi) is 4.99. The van der Waals surface area contributed by atoms with Gasteiger partial charge in [0.25, 0.3) is 0 Å². The fourth-order valence-corrected chi connectivity index (χ4v) is 4.75. The molecule has 1 atom stereocenters. The van der Waals surface area contributed by atoms with Gasteiger partial charge in [-0.05, 0) is 6.04 Å². The average molecular weight is 200 g/mol. The highest BCUT2D eigenvalue weighted by Crippen LogP contribution is 2.25. The van der Waals surface area contributed by atoms with Gasteiger partial charge in [-0.2, -0.15) is 0 Å². The van der Waals surface area contributed by atoms with Gasteiger partial charge in [0.1, 0.15) is 0 Å². The average Bonchev–Trinajstić information content (AvgIpc) is 2.04. The van der Waals surface area contributed by atoms with Crippen molar-refractivity contribution in [3.05, 3.63) is 12.2 Å². The SMILES string of the molecule is C=C(C[Si](C)(CC)CCC)C(=O)O. The zero-order valence-electron chi connectivity index (χ0n) is 8.89. The summed E-state index contributed by atoms with van der Waals surface area (Å²) in [5.74, 6) is -0.830. The molecule has 0 rings (SSSR count). The van der Waals surface area contributed by atoms with E-state index in [1.54, 1.807) is 0 Å². The molecule has 0 aliphatic heterocycles. The minimum Gasteiger partial charge on any atom is -0.478 e. The number of hydrogen-bond donors (Lipinski definition) is 1. The first kappa shape index (κ1) is 12.4. The number of aliphatic carboxylic acids is 1. The Bertz CT molecular complexity index is 201. The van der Waals surface area contributed by atoms with Gasteiger partial charge in [0.05, 0.1) is 8.07 Å². The third-order valence-corrected chi connectivity index (χ3v) is 7.34. The summed E-state index contributed by atoms with van der Waals surface area (Å²) in [6.45, 7) is 10.2. The van der Waals surface area contributed by atoms with Gasteiger partial charge < -0.3 is 5.11 Å². The minimum atomic E-state index is -1.33. The van der Waals surface area contributed by atoms with E-state index >= 15 is 0 Å². The zero-order chi connectivity index (χ0) is 10.5. The second-order valence-corrected chi connectivity index (χ2v) is 9.18. The molecule has 0 spiro atoms. The van der Waals surface area contributed by atoms with Gasteiger partial charge in [-0.25, -0.2) is 4.79 Å². The highest BCUT2D eigenvalue weighted by molar-refractivity contribution is 6.79. The molecule has 76 valence electrons. The molecule has 0 bridgehead atoms. The lowest BCUT2D eigenvalue weighted by Crippen LogP contribution is -2.30. The molecule has 0 amide bonds. The fraction of sp³-hybridized carbons (Fsp3) is 0.700. The van der Waals surface area contributed by atoms with E-state index in [2.05, 4.69) is 27.0 Å². The van der Waals surface area contributed by atoms with Crippen LogP contribution in [0.2, 0.25) is 24.7 Å². The van der Waals surface area contributed by atoms with E-state index in [0.717, 1.165) is 18.5 Å². The molecule has 0 aromatic rings. The van der Waals surface area contributed by atoms with Gasteiger partial charge in [-0.1, -0.05) is 45.5 Å². The summed E-state index contributed by atoms with van der Waals surface area (Å²) in [7, 11) is -1.33. The molecule has 0 fully saturated rings. The zero-order valence-corrected chi connectivity index (χ0v) is 9.89. The van der Waals surface area contributed by atoms with E-state index in [4.69, 9.17) is 5.11 Å². The van der Waals surface area contributed by atoms with Crippen molar-refractivity contribution in [2.45, 2.75) is 44.9 Å². The van der Waals surface area contributed by atoms with Crippen LogP contribution in [0, 0.1) is 0 Å². The number of carbonyl (C=O) groups is 1. The van der Waals surface area contributed by atoms with Crippen molar-refractivity contribution in [3.8, 4) is 0 Å². The molecular weight excluding hydrogens is 180 g/mol. The summed E-state index contributed by atoms with van der Waals surface area (Å²) in [6.07, 6.45) is 1.16. The van der Waals surface area contributed by atoms with E-state index in [1.165, 1.54) is 6.04 Å². The molecule has 3 heteroatoms. The lowest BCUT2D eigenvalue weighted by atomic mass is 10.4. The number of rotatable bonds is 6. The summed E-state index contributed by atoms with van der Waals surface area (Å²) < 4.78 is 0. The van der Waals surface area contributed by atoms with Crippen LogP contribution in [0.25, 0.3) is 0 Å². The molecule has 0 heterocycles. The second-order valence-electron chi connectivity index (χ2n) is 4.00. The Morgan fingerprint density at radius 3 is 2.31 bits per heavy atom. The molecule has 13 heavy (non-hydrogen) atoms. The van der Waals surface area contributed by atoms with Gasteiger partial charge >= 0.3 is 5.97 Å². The quantitative estimate of drug-likeness (QED) is 0.528.